The van der Waals surface area contributed by atoms with Crippen LogP contribution >= 0.6 is 0 Å². The Hall–Kier alpha value is -1.62. The van der Waals surface area contributed by atoms with Crippen molar-refractivity contribution < 1.29 is 4.79 Å². The lowest BCUT2D eigenvalue weighted by atomic mass is 10.3. The Labute approximate surface area is 102 Å². The van der Waals surface area contributed by atoms with Gasteiger partial charge in [0.15, 0.2) is 0 Å². The average Bonchev–Trinajstić information content (AvgIpc) is 2.29. The number of hydrogen-bond acceptors (Lipinski definition) is 4. The Balaban J connectivity index is 2.58. The van der Waals surface area contributed by atoms with Crippen LogP contribution in [-0.4, -0.2) is 38.1 Å². The van der Waals surface area contributed by atoms with Gasteiger partial charge in [0.2, 0.25) is 5.91 Å². The Morgan fingerprint density at radius 3 is 2.88 bits per heavy atom. The van der Waals surface area contributed by atoms with Crippen LogP contribution in [0, 0.1) is 0 Å². The summed E-state index contributed by atoms with van der Waals surface area (Å²) >= 11 is 0. The van der Waals surface area contributed by atoms with Crippen molar-refractivity contribution in [2.45, 2.75) is 13.3 Å². The molecule has 1 heterocycles. The third-order valence-corrected chi connectivity index (χ3v) is 2.33. The number of aromatic nitrogens is 1. The van der Waals surface area contributed by atoms with Gasteiger partial charge in [0.1, 0.15) is 0 Å². The SMILES string of the molecule is CCNCCC(=O)Nc1cnccc1N(C)C. The lowest BCUT2D eigenvalue weighted by Crippen LogP contribution is -2.22. The quantitative estimate of drug-likeness (QED) is 0.726. The lowest BCUT2D eigenvalue weighted by molar-refractivity contribution is -0.116. The maximum atomic E-state index is 11.7. The highest BCUT2D eigenvalue weighted by Gasteiger charge is 2.07. The number of carbonyl (C=O) groups excluding carboxylic acids is 1. The number of anilines is 2. The van der Waals surface area contributed by atoms with Crippen molar-refractivity contribution in [2.75, 3.05) is 37.4 Å². The fourth-order valence-corrected chi connectivity index (χ4v) is 1.46. The highest BCUT2D eigenvalue weighted by atomic mass is 16.1. The summed E-state index contributed by atoms with van der Waals surface area (Å²) in [7, 11) is 3.87. The van der Waals surface area contributed by atoms with Gasteiger partial charge in [-0.3, -0.25) is 9.78 Å². The summed E-state index contributed by atoms with van der Waals surface area (Å²) in [4.78, 5) is 17.6. The van der Waals surface area contributed by atoms with Gasteiger partial charge in [0.05, 0.1) is 17.6 Å². The fraction of sp³-hybridized carbons (Fsp3) is 0.500. The van der Waals surface area contributed by atoms with E-state index >= 15 is 0 Å². The molecule has 0 aliphatic rings. The minimum atomic E-state index is 0.00190. The van der Waals surface area contributed by atoms with Crippen LogP contribution in [0.3, 0.4) is 0 Å². The van der Waals surface area contributed by atoms with Crippen LogP contribution in [-0.2, 0) is 4.79 Å². The first-order valence-corrected chi connectivity index (χ1v) is 5.77. The van der Waals surface area contributed by atoms with Crippen LogP contribution in [0.15, 0.2) is 18.5 Å². The second-order valence-electron chi connectivity index (χ2n) is 3.94. The van der Waals surface area contributed by atoms with E-state index in [0.717, 1.165) is 17.9 Å². The first kappa shape index (κ1) is 13.4. The average molecular weight is 236 g/mol. The molecule has 0 unspecified atom stereocenters. The Morgan fingerprint density at radius 2 is 2.24 bits per heavy atom. The van der Waals surface area contributed by atoms with Gasteiger partial charge in [-0.05, 0) is 12.6 Å². The molecule has 0 radical (unpaired) electrons. The predicted octanol–water partition coefficient (Wildman–Crippen LogP) is 1.09. The number of amides is 1. The molecule has 0 spiro atoms. The summed E-state index contributed by atoms with van der Waals surface area (Å²) in [5.41, 5.74) is 1.70. The van der Waals surface area contributed by atoms with Gasteiger partial charge < -0.3 is 15.5 Å². The third-order valence-electron chi connectivity index (χ3n) is 2.33. The van der Waals surface area contributed by atoms with Gasteiger partial charge in [-0.15, -0.1) is 0 Å². The molecule has 1 rings (SSSR count). The van der Waals surface area contributed by atoms with E-state index in [1.807, 2.05) is 32.0 Å². The molecule has 0 saturated heterocycles. The topological polar surface area (TPSA) is 57.3 Å². The second-order valence-corrected chi connectivity index (χ2v) is 3.94. The van der Waals surface area contributed by atoms with Crippen LogP contribution < -0.4 is 15.5 Å². The second kappa shape index (κ2) is 6.85. The van der Waals surface area contributed by atoms with Crippen LogP contribution in [0.5, 0.6) is 0 Å². The highest BCUT2D eigenvalue weighted by Crippen LogP contribution is 2.22. The van der Waals surface area contributed by atoms with Crippen molar-refractivity contribution in [1.82, 2.24) is 10.3 Å². The number of rotatable bonds is 6. The van der Waals surface area contributed by atoms with Crippen molar-refractivity contribution in [2.24, 2.45) is 0 Å². The number of nitrogens with zero attached hydrogens (tertiary/aromatic N) is 2. The van der Waals surface area contributed by atoms with Crippen LogP contribution in [0.4, 0.5) is 11.4 Å². The summed E-state index contributed by atoms with van der Waals surface area (Å²) in [6.45, 7) is 3.59. The summed E-state index contributed by atoms with van der Waals surface area (Å²) in [5.74, 6) is 0.00190. The largest absolute Gasteiger partial charge is 0.376 e. The van der Waals surface area contributed by atoms with E-state index in [-0.39, 0.29) is 5.91 Å². The van der Waals surface area contributed by atoms with Crippen LogP contribution in [0.1, 0.15) is 13.3 Å². The molecule has 0 aliphatic carbocycles. The normalized spacial score (nSPS) is 10.1. The lowest BCUT2D eigenvalue weighted by Gasteiger charge is -2.17. The molecule has 1 aromatic rings. The van der Waals surface area contributed by atoms with E-state index in [4.69, 9.17) is 0 Å². The minimum absolute atomic E-state index is 0.00190. The molecule has 5 heteroatoms. The molecule has 1 aromatic heterocycles. The van der Waals surface area contributed by atoms with Gasteiger partial charge >= 0.3 is 0 Å². The van der Waals surface area contributed by atoms with Crippen LogP contribution in [0.2, 0.25) is 0 Å². The molecule has 0 aromatic carbocycles. The molecule has 0 aliphatic heterocycles. The van der Waals surface area contributed by atoms with Crippen molar-refractivity contribution in [3.05, 3.63) is 18.5 Å². The van der Waals surface area contributed by atoms with Gasteiger partial charge in [0.25, 0.3) is 0 Å². The fourth-order valence-electron chi connectivity index (χ4n) is 1.46. The molecule has 94 valence electrons. The minimum Gasteiger partial charge on any atom is -0.376 e. The third kappa shape index (κ3) is 4.40. The van der Waals surface area contributed by atoms with Crippen LogP contribution in [0.25, 0.3) is 0 Å². The van der Waals surface area contributed by atoms with Crippen molar-refractivity contribution in [3.63, 3.8) is 0 Å². The maximum absolute atomic E-state index is 11.7. The maximum Gasteiger partial charge on any atom is 0.225 e. The monoisotopic (exact) mass is 236 g/mol. The van der Waals surface area contributed by atoms with Gasteiger partial charge in [-0.25, -0.2) is 0 Å². The van der Waals surface area contributed by atoms with Gasteiger partial charge in [-0.2, -0.15) is 0 Å². The van der Waals surface area contributed by atoms with Gasteiger partial charge in [-0.1, -0.05) is 6.92 Å². The molecule has 17 heavy (non-hydrogen) atoms. The summed E-state index contributed by atoms with van der Waals surface area (Å²) in [6.07, 6.45) is 3.85. The zero-order chi connectivity index (χ0) is 12.7. The van der Waals surface area contributed by atoms with E-state index in [1.54, 1.807) is 12.4 Å². The van der Waals surface area contributed by atoms with Crippen molar-refractivity contribution in [3.8, 4) is 0 Å². The summed E-state index contributed by atoms with van der Waals surface area (Å²) < 4.78 is 0. The first-order chi connectivity index (χ1) is 8.15. The highest BCUT2D eigenvalue weighted by molar-refractivity contribution is 5.94. The standard InChI is InChI=1S/C12H20N4O/c1-4-13-8-6-12(17)15-10-9-14-7-5-11(10)16(2)3/h5,7,9,13H,4,6,8H2,1-3H3,(H,15,17). The summed E-state index contributed by atoms with van der Waals surface area (Å²) in [6, 6.07) is 1.87. The molecule has 0 fully saturated rings. The van der Waals surface area contributed by atoms with E-state index in [9.17, 15) is 4.79 Å². The number of hydrogen-bond donors (Lipinski definition) is 2. The smallest absolute Gasteiger partial charge is 0.225 e. The predicted molar refractivity (Wildman–Crippen MR) is 70.4 cm³/mol. The molecule has 0 bridgehead atoms. The summed E-state index contributed by atoms with van der Waals surface area (Å²) in [5, 5.41) is 5.98. The number of pyridine rings is 1. The Morgan fingerprint density at radius 1 is 1.47 bits per heavy atom. The molecule has 0 saturated carbocycles. The van der Waals surface area contributed by atoms with E-state index in [2.05, 4.69) is 15.6 Å². The molecule has 0 atom stereocenters. The van der Waals surface area contributed by atoms with Crippen molar-refractivity contribution >= 4 is 17.3 Å². The van der Waals surface area contributed by atoms with E-state index in [1.165, 1.54) is 0 Å². The molecule has 2 N–H and O–H groups in total. The Bertz CT molecular complexity index is 365. The van der Waals surface area contributed by atoms with Gasteiger partial charge in [0, 0.05) is 33.3 Å². The number of carbonyl (C=O) groups is 1. The molecular formula is C12H20N4O. The molecule has 1 amide bonds. The zero-order valence-electron chi connectivity index (χ0n) is 10.7. The number of nitrogens with one attached hydrogen (secondary N) is 2. The van der Waals surface area contributed by atoms with Crippen molar-refractivity contribution in [1.29, 1.82) is 0 Å². The van der Waals surface area contributed by atoms with E-state index < -0.39 is 0 Å². The van der Waals surface area contributed by atoms with E-state index in [0.29, 0.717) is 13.0 Å². The molecule has 5 nitrogen and oxygen atoms in total. The first-order valence-electron chi connectivity index (χ1n) is 5.77. The zero-order valence-corrected chi connectivity index (χ0v) is 10.7. The molecular weight excluding hydrogens is 216 g/mol. The Kier molecular flexibility index (Phi) is 5.42.